The Labute approximate surface area is 202 Å². The lowest BCUT2D eigenvalue weighted by atomic mass is 9.85. The molecule has 12 heteroatoms. The number of hydrogen-bond acceptors (Lipinski definition) is 8. The van der Waals surface area contributed by atoms with Crippen molar-refractivity contribution in [2.45, 2.75) is 28.9 Å². The van der Waals surface area contributed by atoms with Crippen LogP contribution in [-0.2, 0) is 19.1 Å². The van der Waals surface area contributed by atoms with E-state index in [1.807, 2.05) is 12.1 Å². The van der Waals surface area contributed by atoms with Gasteiger partial charge in [0.1, 0.15) is 17.6 Å². The largest absolute Gasteiger partial charge is 0.465 e. The molecule has 0 aromatic heterocycles. The zero-order valence-electron chi connectivity index (χ0n) is 15.1. The monoisotopic (exact) mass is 656 g/mol. The number of rotatable bonds is 4. The number of cyclic esters (lactones) is 2. The first-order chi connectivity index (χ1) is 13.6. The van der Waals surface area contributed by atoms with E-state index in [9.17, 15) is 9.59 Å². The fourth-order valence-electron chi connectivity index (χ4n) is 2.25. The summed E-state index contributed by atoms with van der Waals surface area (Å²) in [5, 5.41) is 34.9. The lowest BCUT2D eigenvalue weighted by Gasteiger charge is -2.14. The third-order valence-electron chi connectivity index (χ3n) is 4.06. The van der Waals surface area contributed by atoms with Gasteiger partial charge >= 0.3 is 11.9 Å². The molecule has 2 rings (SSSR count). The molecule has 156 valence electrons. The van der Waals surface area contributed by atoms with Gasteiger partial charge in [0.25, 0.3) is 3.23 Å². The standard InChI is InChI=1S/C7H8Br2N2.C7H8O4.C3Br2N2/c8-3-1-7(5-10,6-11)2-4-9;8-5-7(1-3-10-5)2-4-11-6(7)9;4-3(5,1-6)2-7/h2*1-4H2;. The van der Waals surface area contributed by atoms with Gasteiger partial charge in [-0.2, -0.15) is 21.0 Å². The van der Waals surface area contributed by atoms with E-state index < -0.39 is 26.0 Å². The third kappa shape index (κ3) is 8.22. The zero-order chi connectivity index (χ0) is 22.6. The number of ether oxygens (including phenoxy) is 2. The number of carbonyl (C=O) groups is 2. The fourth-order valence-corrected chi connectivity index (χ4v) is 3.60. The summed E-state index contributed by atoms with van der Waals surface area (Å²) in [7, 11) is 0. The molecule has 0 N–H and O–H groups in total. The van der Waals surface area contributed by atoms with Crippen molar-refractivity contribution in [3.63, 3.8) is 0 Å². The predicted octanol–water partition coefficient (Wildman–Crippen LogP) is 3.98. The zero-order valence-corrected chi connectivity index (χ0v) is 21.4. The van der Waals surface area contributed by atoms with Crippen LogP contribution >= 0.6 is 63.7 Å². The van der Waals surface area contributed by atoms with Gasteiger partial charge in [0.15, 0.2) is 5.41 Å². The molecule has 0 saturated carbocycles. The summed E-state index contributed by atoms with van der Waals surface area (Å²) >= 11 is 12.0. The summed E-state index contributed by atoms with van der Waals surface area (Å²) in [6.45, 7) is 0.710. The number of hydrogen-bond donors (Lipinski definition) is 0. The lowest BCUT2D eigenvalue weighted by Crippen LogP contribution is -2.31. The van der Waals surface area contributed by atoms with Crippen LogP contribution in [0.4, 0.5) is 0 Å². The van der Waals surface area contributed by atoms with Gasteiger partial charge in [-0.25, -0.2) is 0 Å². The minimum absolute atomic E-state index is 0.355. The SMILES string of the molecule is N#CC(Br)(Br)C#N.N#CC(C#N)(CCBr)CCBr.O=C1OCCC12CCOC2=O. The highest BCUT2D eigenvalue weighted by Gasteiger charge is 2.55. The molecular weight excluding hydrogens is 644 g/mol. The van der Waals surface area contributed by atoms with Gasteiger partial charge in [0, 0.05) is 23.5 Å². The van der Waals surface area contributed by atoms with E-state index >= 15 is 0 Å². The van der Waals surface area contributed by atoms with E-state index in [0.717, 1.165) is 0 Å². The van der Waals surface area contributed by atoms with Crippen molar-refractivity contribution >= 4 is 75.7 Å². The molecule has 0 radical (unpaired) electrons. The highest BCUT2D eigenvalue weighted by Crippen LogP contribution is 2.39. The van der Waals surface area contributed by atoms with Gasteiger partial charge in [-0.3, -0.25) is 9.59 Å². The van der Waals surface area contributed by atoms with E-state index in [1.165, 1.54) is 0 Å². The van der Waals surface area contributed by atoms with Gasteiger partial charge in [-0.05, 0) is 44.7 Å². The van der Waals surface area contributed by atoms with Crippen LogP contribution in [-0.4, -0.2) is 39.0 Å². The van der Waals surface area contributed by atoms with Crippen molar-refractivity contribution in [2.24, 2.45) is 10.8 Å². The van der Waals surface area contributed by atoms with Crippen LogP contribution in [0.5, 0.6) is 0 Å². The van der Waals surface area contributed by atoms with Gasteiger partial charge in [-0.1, -0.05) is 31.9 Å². The predicted molar refractivity (Wildman–Crippen MR) is 116 cm³/mol. The second-order valence-electron chi connectivity index (χ2n) is 5.84. The Hall–Kier alpha value is -1.18. The lowest BCUT2D eigenvalue weighted by molar-refractivity contribution is -0.156. The summed E-state index contributed by atoms with van der Waals surface area (Å²) in [5.41, 5.74) is -1.72. The van der Waals surface area contributed by atoms with Crippen LogP contribution in [0, 0.1) is 56.2 Å². The van der Waals surface area contributed by atoms with Crippen LogP contribution in [0.3, 0.4) is 0 Å². The molecule has 0 amide bonds. The Morgan fingerprint density at radius 3 is 1.38 bits per heavy atom. The van der Waals surface area contributed by atoms with Crippen LogP contribution in [0.1, 0.15) is 25.7 Å². The summed E-state index contributed by atoms with van der Waals surface area (Å²) < 4.78 is 8.26. The molecule has 1 spiro atoms. The first-order valence-electron chi connectivity index (χ1n) is 8.11. The molecule has 0 aromatic rings. The number of nitrogens with zero attached hydrogens (tertiary/aromatic N) is 4. The summed E-state index contributed by atoms with van der Waals surface area (Å²) in [4.78, 5) is 22.2. The van der Waals surface area contributed by atoms with Gasteiger partial charge in [0.05, 0.1) is 25.4 Å². The maximum absolute atomic E-state index is 11.1. The van der Waals surface area contributed by atoms with Crippen molar-refractivity contribution in [2.75, 3.05) is 23.9 Å². The highest BCUT2D eigenvalue weighted by molar-refractivity contribution is 9.25. The Bertz CT molecular complexity index is 699. The minimum Gasteiger partial charge on any atom is -0.465 e. The molecule has 2 aliphatic heterocycles. The Balaban J connectivity index is 0.000000419. The molecular formula is C17H16Br4N4O4. The molecule has 8 nitrogen and oxygen atoms in total. The molecule has 0 atom stereocenters. The second kappa shape index (κ2) is 13.2. The van der Waals surface area contributed by atoms with Gasteiger partial charge in [-0.15, -0.1) is 0 Å². The van der Waals surface area contributed by atoms with Crippen molar-refractivity contribution in [3.8, 4) is 24.3 Å². The van der Waals surface area contributed by atoms with E-state index in [1.54, 1.807) is 12.1 Å². The first-order valence-corrected chi connectivity index (χ1v) is 11.9. The molecule has 2 aliphatic rings. The fraction of sp³-hybridized carbons (Fsp3) is 0.647. The molecule has 0 aromatic carbocycles. The van der Waals surface area contributed by atoms with Gasteiger partial charge in [0.2, 0.25) is 0 Å². The normalized spacial score (nSPS) is 16.4. The second-order valence-corrected chi connectivity index (χ2v) is 10.9. The van der Waals surface area contributed by atoms with E-state index in [4.69, 9.17) is 30.5 Å². The van der Waals surface area contributed by atoms with E-state index in [0.29, 0.717) is 49.6 Å². The summed E-state index contributed by atoms with van der Waals surface area (Å²) in [5.74, 6) is -0.806. The quantitative estimate of drug-likeness (QED) is 0.250. The third-order valence-corrected chi connectivity index (χ3v) is 5.56. The van der Waals surface area contributed by atoms with Crippen LogP contribution in [0.15, 0.2) is 0 Å². The van der Waals surface area contributed by atoms with Crippen molar-refractivity contribution < 1.29 is 19.1 Å². The topological polar surface area (TPSA) is 148 Å². The number of halogens is 4. The first kappa shape index (κ1) is 27.8. The molecule has 0 bridgehead atoms. The van der Waals surface area contributed by atoms with E-state index in [-0.39, 0.29) is 0 Å². The minimum atomic E-state index is -1.18. The van der Waals surface area contributed by atoms with Crippen LogP contribution in [0.25, 0.3) is 0 Å². The molecule has 2 saturated heterocycles. The summed E-state index contributed by atoms with van der Waals surface area (Å²) in [6, 6.07) is 7.42. The van der Waals surface area contributed by atoms with Gasteiger partial charge < -0.3 is 9.47 Å². The molecule has 2 fully saturated rings. The van der Waals surface area contributed by atoms with Crippen molar-refractivity contribution in [1.82, 2.24) is 0 Å². The van der Waals surface area contributed by atoms with Crippen LogP contribution < -0.4 is 0 Å². The highest BCUT2D eigenvalue weighted by atomic mass is 79.9. The average molecular weight is 660 g/mol. The molecule has 29 heavy (non-hydrogen) atoms. The smallest absolute Gasteiger partial charge is 0.323 e. The summed E-state index contributed by atoms with van der Waals surface area (Å²) in [6.07, 6.45) is 2.16. The van der Waals surface area contributed by atoms with Crippen molar-refractivity contribution in [3.05, 3.63) is 0 Å². The Morgan fingerprint density at radius 1 is 0.828 bits per heavy atom. The van der Waals surface area contributed by atoms with Crippen molar-refractivity contribution in [1.29, 1.82) is 21.0 Å². The Morgan fingerprint density at radius 2 is 1.21 bits per heavy atom. The van der Waals surface area contributed by atoms with Crippen LogP contribution in [0.2, 0.25) is 0 Å². The number of carbonyl (C=O) groups excluding carboxylic acids is 2. The Kier molecular flexibility index (Phi) is 12.7. The van der Waals surface area contributed by atoms with E-state index in [2.05, 4.69) is 63.7 Å². The maximum atomic E-state index is 11.1. The number of nitriles is 4. The number of esters is 2. The number of alkyl halides is 4. The molecule has 0 aliphatic carbocycles. The average Bonchev–Trinajstić information content (AvgIpc) is 3.28. The maximum Gasteiger partial charge on any atom is 0.323 e. The molecule has 0 unspecified atom stereocenters. The molecule has 2 heterocycles.